The van der Waals surface area contributed by atoms with Gasteiger partial charge in [-0.05, 0) is 141 Å². The molecule has 9 nitrogen and oxygen atoms in total. The van der Waals surface area contributed by atoms with Gasteiger partial charge in [0.05, 0.1) is 34.4 Å². The molecule has 0 aromatic heterocycles. The van der Waals surface area contributed by atoms with Gasteiger partial charge in [0.2, 0.25) is 0 Å². The minimum atomic E-state index is -1.53. The summed E-state index contributed by atoms with van der Waals surface area (Å²) in [6.07, 6.45) is 99.5. The summed E-state index contributed by atoms with van der Waals surface area (Å²) in [5.41, 5.74) is 0. The largest absolute Gasteiger partial charge is 0.477 e. The molecule has 87 heavy (non-hydrogen) atoms. The third-order valence-corrected chi connectivity index (χ3v) is 13.3. The first-order valence-electron chi connectivity index (χ1n) is 33.6. The van der Waals surface area contributed by atoms with Crippen LogP contribution in [0.1, 0.15) is 219 Å². The van der Waals surface area contributed by atoms with Gasteiger partial charge in [0, 0.05) is 12.8 Å². The van der Waals surface area contributed by atoms with Crippen LogP contribution in [0.25, 0.3) is 0 Å². The van der Waals surface area contributed by atoms with E-state index in [1.807, 2.05) is 21.1 Å². The lowest BCUT2D eigenvalue weighted by molar-refractivity contribution is -0.870. The highest BCUT2D eigenvalue weighted by molar-refractivity contribution is 5.71. The van der Waals surface area contributed by atoms with Crippen molar-refractivity contribution in [3.63, 3.8) is 0 Å². The monoisotopic (exact) mass is 1200 g/mol. The fourth-order valence-electron chi connectivity index (χ4n) is 8.28. The van der Waals surface area contributed by atoms with Crippen LogP contribution in [0.3, 0.4) is 0 Å². The number of nitrogens with zero attached hydrogens (tertiary/aromatic N) is 1. The minimum absolute atomic E-state index is 0.169. The maximum Gasteiger partial charge on any atom is 0.361 e. The van der Waals surface area contributed by atoms with Crippen molar-refractivity contribution in [1.82, 2.24) is 0 Å². The number of hydrogen-bond donors (Lipinski definition) is 1. The molecule has 0 amide bonds. The Balaban J connectivity index is 4.28. The molecule has 0 fully saturated rings. The maximum absolute atomic E-state index is 12.9. The van der Waals surface area contributed by atoms with Gasteiger partial charge in [-0.1, -0.05) is 260 Å². The Labute approximate surface area is 532 Å². The molecule has 0 aliphatic heterocycles. The van der Waals surface area contributed by atoms with Crippen molar-refractivity contribution in [1.29, 1.82) is 0 Å². The quantitative estimate of drug-likeness (QED) is 0.0211. The molecule has 0 spiro atoms. The van der Waals surface area contributed by atoms with Crippen molar-refractivity contribution in [3.05, 3.63) is 194 Å². The zero-order valence-electron chi connectivity index (χ0n) is 55.3. The van der Waals surface area contributed by atoms with Crippen LogP contribution in [0.2, 0.25) is 0 Å². The molecule has 2 atom stereocenters. The lowest BCUT2D eigenvalue weighted by atomic mass is 10.1. The van der Waals surface area contributed by atoms with Crippen molar-refractivity contribution in [2.24, 2.45) is 0 Å². The summed E-state index contributed by atoms with van der Waals surface area (Å²) < 4.78 is 22.9. The van der Waals surface area contributed by atoms with E-state index in [2.05, 4.69) is 208 Å². The SMILES string of the molecule is CC/C=C\C/C=C\C/C=C\C/C=C\C/C=C\C/C=C\C/C=C\C/C=C\C/C=C\CCCCCCCCCCCC(=O)OC(COC(=O)CCCCC/C=C\C/C=C\C/C=C\C/C=C\C/C=C\C/C=C\C/C=C\CC)COC(OCC[N+](C)(C)C)C(=O)O. The van der Waals surface area contributed by atoms with Gasteiger partial charge in [-0.15, -0.1) is 0 Å². The molecule has 2 unspecified atom stereocenters. The fourth-order valence-corrected chi connectivity index (χ4v) is 8.28. The van der Waals surface area contributed by atoms with Gasteiger partial charge >= 0.3 is 17.9 Å². The Morgan fingerprint density at radius 1 is 0.345 bits per heavy atom. The molecule has 0 aliphatic carbocycles. The number of ether oxygens (including phenoxy) is 4. The predicted octanol–water partition coefficient (Wildman–Crippen LogP) is 21.0. The average Bonchev–Trinajstić information content (AvgIpc) is 3.57. The predicted molar refractivity (Wildman–Crippen MR) is 372 cm³/mol. The summed E-state index contributed by atoms with van der Waals surface area (Å²) in [7, 11) is 5.94. The standard InChI is InChI=1S/C78H121NO8/c1-6-8-10-12-14-16-18-20-22-24-26-28-30-32-33-34-35-36-37-38-39-40-41-42-43-45-47-49-51-53-55-57-59-61-63-65-67-69-76(81)87-74(73-86-78(77(82)83)84-71-70-79(3,4)5)72-85-75(80)68-66-64-62-60-58-56-54-52-50-48-46-44-31-29-27-25-23-21-19-17-15-13-11-9-7-2/h8-11,14-17,20-23,26-29,32-33,35-36,38-39,41-42,44-47,50,52,56,58,74,78H,6-7,12-13,18-19,24-25,30-31,34,37,40,43,48-49,51,53-55,57,59-73H2,1-5H3/p+1/b10-8-,11-9-,16-14-,17-15-,22-20-,23-21-,28-26-,29-27-,33-32-,36-35-,39-38-,42-41-,46-44-,47-45-,52-50-,58-56-. The normalized spacial score (nSPS) is 14.0. The first-order chi connectivity index (χ1) is 42.6. The summed E-state index contributed by atoms with van der Waals surface area (Å²) in [5.74, 6) is -2.08. The number of carboxylic acid groups (broad SMARTS) is 1. The van der Waals surface area contributed by atoms with Gasteiger partial charge in [0.1, 0.15) is 13.2 Å². The molecular formula is C78H122NO8+. The van der Waals surface area contributed by atoms with E-state index in [1.165, 1.54) is 32.1 Å². The Hall–Kier alpha value is -5.87. The number of likely N-dealkylation sites (N-methyl/N-ethyl adjacent to an activating group) is 1. The summed E-state index contributed by atoms with van der Waals surface area (Å²) in [4.78, 5) is 37.6. The molecule has 0 aromatic carbocycles. The van der Waals surface area contributed by atoms with Gasteiger partial charge in [0.25, 0.3) is 6.29 Å². The summed E-state index contributed by atoms with van der Waals surface area (Å²) in [6, 6.07) is 0. The second-order valence-corrected chi connectivity index (χ2v) is 22.7. The number of esters is 2. The van der Waals surface area contributed by atoms with Gasteiger partial charge < -0.3 is 28.5 Å². The van der Waals surface area contributed by atoms with Crippen molar-refractivity contribution in [3.8, 4) is 0 Å². The zero-order chi connectivity index (χ0) is 63.3. The second kappa shape index (κ2) is 66.1. The van der Waals surface area contributed by atoms with Crippen LogP contribution in [0.15, 0.2) is 194 Å². The molecule has 0 saturated heterocycles. The van der Waals surface area contributed by atoms with E-state index in [-0.39, 0.29) is 38.6 Å². The molecule has 0 rings (SSSR count). The number of hydrogen-bond acceptors (Lipinski definition) is 7. The van der Waals surface area contributed by atoms with Crippen LogP contribution in [-0.4, -0.2) is 87.4 Å². The van der Waals surface area contributed by atoms with Gasteiger partial charge in [-0.3, -0.25) is 9.59 Å². The van der Waals surface area contributed by atoms with E-state index < -0.39 is 24.3 Å². The number of allylic oxidation sites excluding steroid dienone is 32. The van der Waals surface area contributed by atoms with Crippen molar-refractivity contribution in [2.75, 3.05) is 47.5 Å². The number of aliphatic carboxylic acids is 1. The Kier molecular flexibility index (Phi) is 61.6. The van der Waals surface area contributed by atoms with Gasteiger partial charge in [0.15, 0.2) is 6.10 Å². The van der Waals surface area contributed by atoms with Crippen LogP contribution in [0, 0.1) is 0 Å². The third kappa shape index (κ3) is 67.5. The van der Waals surface area contributed by atoms with Crippen LogP contribution >= 0.6 is 0 Å². The highest BCUT2D eigenvalue weighted by Crippen LogP contribution is 2.14. The molecule has 0 radical (unpaired) electrons. The van der Waals surface area contributed by atoms with Crippen LogP contribution < -0.4 is 0 Å². The number of rotatable bonds is 59. The van der Waals surface area contributed by atoms with E-state index in [4.69, 9.17) is 18.9 Å². The first-order valence-corrected chi connectivity index (χ1v) is 33.6. The van der Waals surface area contributed by atoms with E-state index in [9.17, 15) is 19.5 Å². The van der Waals surface area contributed by atoms with Crippen LogP contribution in [0.5, 0.6) is 0 Å². The molecule has 0 bridgehead atoms. The number of unbranched alkanes of at least 4 members (excludes halogenated alkanes) is 12. The van der Waals surface area contributed by atoms with Crippen molar-refractivity contribution < 1.29 is 42.9 Å². The van der Waals surface area contributed by atoms with Crippen LogP contribution in [0.4, 0.5) is 0 Å². The smallest absolute Gasteiger partial charge is 0.361 e. The maximum atomic E-state index is 12.9. The van der Waals surface area contributed by atoms with Crippen molar-refractivity contribution in [2.45, 2.75) is 232 Å². The minimum Gasteiger partial charge on any atom is -0.477 e. The number of quaternary nitrogens is 1. The molecule has 0 aromatic rings. The molecular weight excluding hydrogens is 1080 g/mol. The molecule has 486 valence electrons. The molecule has 9 heteroatoms. The number of carboxylic acids is 1. The second-order valence-electron chi connectivity index (χ2n) is 22.7. The summed E-state index contributed by atoms with van der Waals surface area (Å²) in [5, 5.41) is 9.74. The van der Waals surface area contributed by atoms with Gasteiger partial charge in [-0.2, -0.15) is 0 Å². The zero-order valence-corrected chi connectivity index (χ0v) is 55.3. The lowest BCUT2D eigenvalue weighted by Gasteiger charge is -2.25. The first kappa shape index (κ1) is 81.1. The van der Waals surface area contributed by atoms with Crippen molar-refractivity contribution >= 4 is 17.9 Å². The number of carbonyl (C=O) groups is 3. The van der Waals surface area contributed by atoms with Gasteiger partial charge in [-0.25, -0.2) is 4.79 Å². The lowest BCUT2D eigenvalue weighted by Crippen LogP contribution is -2.40. The molecule has 1 N–H and O–H groups in total. The topological polar surface area (TPSA) is 108 Å². The highest BCUT2D eigenvalue weighted by atomic mass is 16.7. The van der Waals surface area contributed by atoms with E-state index in [0.29, 0.717) is 23.9 Å². The third-order valence-electron chi connectivity index (χ3n) is 13.3. The van der Waals surface area contributed by atoms with E-state index >= 15 is 0 Å². The summed E-state index contributed by atoms with van der Waals surface area (Å²) in [6.45, 7) is 4.57. The van der Waals surface area contributed by atoms with Crippen LogP contribution in [-0.2, 0) is 33.3 Å². The Morgan fingerprint density at radius 2 is 0.621 bits per heavy atom. The Bertz CT molecular complexity index is 2130. The van der Waals surface area contributed by atoms with E-state index in [0.717, 1.165) is 148 Å². The highest BCUT2D eigenvalue weighted by Gasteiger charge is 2.25. The van der Waals surface area contributed by atoms with E-state index in [1.54, 1.807) is 0 Å². The summed E-state index contributed by atoms with van der Waals surface area (Å²) >= 11 is 0. The Morgan fingerprint density at radius 3 is 0.931 bits per heavy atom. The molecule has 0 heterocycles. The average molecular weight is 1200 g/mol. The number of carbonyl (C=O) groups excluding carboxylic acids is 2. The fraction of sp³-hybridized carbons (Fsp3) is 0.551. The molecule has 0 aliphatic rings. The molecule has 0 saturated carbocycles.